The standard InChI is InChI=1S/2C5H10FNO.2ClH/c2*6-4-3-8-2-1-5(4)7;;/h2*4-5H,1-3,7H2;2*1H/t2*4-,5-;;/m10../s1. The summed E-state index contributed by atoms with van der Waals surface area (Å²) in [5.41, 5.74) is 10.6. The third-order valence-corrected chi connectivity index (χ3v) is 2.67. The molecule has 0 aromatic rings. The average Bonchev–Trinajstić information content (AvgIpc) is 2.28. The minimum absolute atomic E-state index is 0. The lowest BCUT2D eigenvalue weighted by atomic mass is 10.1. The third-order valence-electron chi connectivity index (χ3n) is 2.67. The normalized spacial score (nSPS) is 35.3. The molecule has 0 aliphatic carbocycles. The first kappa shape index (κ1) is 20.6. The summed E-state index contributed by atoms with van der Waals surface area (Å²) in [6, 6.07) is -0.576. The second-order valence-corrected chi connectivity index (χ2v) is 4.09. The van der Waals surface area contributed by atoms with Crippen molar-refractivity contribution in [1.82, 2.24) is 0 Å². The molecule has 2 saturated heterocycles. The minimum Gasteiger partial charge on any atom is -0.378 e. The van der Waals surface area contributed by atoms with Crippen LogP contribution in [0.1, 0.15) is 12.8 Å². The molecule has 2 aliphatic heterocycles. The highest BCUT2D eigenvalue weighted by molar-refractivity contribution is 5.85. The number of alkyl halides is 2. The zero-order valence-corrected chi connectivity index (χ0v) is 11.7. The van der Waals surface area contributed by atoms with Gasteiger partial charge >= 0.3 is 0 Å². The zero-order valence-electron chi connectivity index (χ0n) is 10.1. The van der Waals surface area contributed by atoms with E-state index in [4.69, 9.17) is 20.9 Å². The molecule has 4 nitrogen and oxygen atoms in total. The van der Waals surface area contributed by atoms with Crippen LogP contribution in [0.2, 0.25) is 0 Å². The van der Waals surface area contributed by atoms with E-state index in [0.29, 0.717) is 26.1 Å². The van der Waals surface area contributed by atoms with Crippen molar-refractivity contribution in [2.24, 2.45) is 11.5 Å². The Bertz CT molecular complexity index is 167. The van der Waals surface area contributed by atoms with Crippen LogP contribution in [0.25, 0.3) is 0 Å². The summed E-state index contributed by atoms with van der Waals surface area (Å²) in [6.07, 6.45) is -0.574. The molecule has 2 aliphatic rings. The fraction of sp³-hybridized carbons (Fsp3) is 1.00. The van der Waals surface area contributed by atoms with Crippen LogP contribution < -0.4 is 11.5 Å². The van der Waals surface area contributed by atoms with Crippen LogP contribution in [0.3, 0.4) is 0 Å². The fourth-order valence-corrected chi connectivity index (χ4v) is 1.44. The molecular formula is C10H22Cl2F2N2O2. The maximum absolute atomic E-state index is 12.3. The van der Waals surface area contributed by atoms with E-state index in [0.717, 1.165) is 0 Å². The number of hydrogen-bond donors (Lipinski definition) is 2. The number of halogens is 4. The van der Waals surface area contributed by atoms with Gasteiger partial charge in [-0.15, -0.1) is 24.8 Å². The van der Waals surface area contributed by atoms with Gasteiger partial charge in [0.05, 0.1) is 13.2 Å². The highest BCUT2D eigenvalue weighted by Gasteiger charge is 2.21. The molecule has 0 radical (unpaired) electrons. The molecule has 4 N–H and O–H groups in total. The molecule has 0 aromatic heterocycles. The molecular weight excluding hydrogens is 289 g/mol. The lowest BCUT2D eigenvalue weighted by molar-refractivity contribution is 0.0238. The summed E-state index contributed by atoms with van der Waals surface area (Å²) in [7, 11) is 0. The Balaban J connectivity index is 0. The highest BCUT2D eigenvalue weighted by Crippen LogP contribution is 2.08. The Kier molecular flexibility index (Phi) is 12.7. The highest BCUT2D eigenvalue weighted by atomic mass is 35.5. The van der Waals surface area contributed by atoms with Crippen molar-refractivity contribution in [3.8, 4) is 0 Å². The summed E-state index contributed by atoms with van der Waals surface area (Å²) in [4.78, 5) is 0. The minimum atomic E-state index is -0.941. The van der Waals surface area contributed by atoms with E-state index < -0.39 is 12.3 Å². The van der Waals surface area contributed by atoms with Gasteiger partial charge < -0.3 is 20.9 Å². The van der Waals surface area contributed by atoms with Crippen molar-refractivity contribution in [1.29, 1.82) is 0 Å². The van der Waals surface area contributed by atoms with Gasteiger partial charge in [-0.05, 0) is 12.8 Å². The molecule has 2 rings (SSSR count). The van der Waals surface area contributed by atoms with Crippen molar-refractivity contribution in [2.75, 3.05) is 26.4 Å². The maximum atomic E-state index is 12.3. The molecule has 2 heterocycles. The third kappa shape index (κ3) is 7.66. The second kappa shape index (κ2) is 11.1. The number of nitrogens with two attached hydrogens (primary N) is 2. The smallest absolute Gasteiger partial charge is 0.138 e. The van der Waals surface area contributed by atoms with Gasteiger partial charge in [-0.2, -0.15) is 0 Å². The van der Waals surface area contributed by atoms with E-state index >= 15 is 0 Å². The Morgan fingerprint density at radius 3 is 1.28 bits per heavy atom. The van der Waals surface area contributed by atoms with Gasteiger partial charge in [0.25, 0.3) is 0 Å². The molecule has 0 spiro atoms. The van der Waals surface area contributed by atoms with Crippen LogP contribution in [-0.2, 0) is 9.47 Å². The monoisotopic (exact) mass is 310 g/mol. The Morgan fingerprint density at radius 2 is 1.11 bits per heavy atom. The van der Waals surface area contributed by atoms with Crippen LogP contribution in [0, 0.1) is 0 Å². The predicted octanol–water partition coefficient (Wildman–Crippen LogP) is 0.988. The van der Waals surface area contributed by atoms with Crippen molar-refractivity contribution in [3.63, 3.8) is 0 Å². The summed E-state index contributed by atoms with van der Waals surface area (Å²) >= 11 is 0. The van der Waals surface area contributed by atoms with Crippen LogP contribution in [-0.4, -0.2) is 50.9 Å². The van der Waals surface area contributed by atoms with Gasteiger partial charge in [-0.1, -0.05) is 0 Å². The molecule has 0 bridgehead atoms. The first-order valence-electron chi connectivity index (χ1n) is 5.56. The second-order valence-electron chi connectivity index (χ2n) is 4.09. The van der Waals surface area contributed by atoms with Crippen molar-refractivity contribution < 1.29 is 18.3 Å². The van der Waals surface area contributed by atoms with Crippen molar-refractivity contribution in [3.05, 3.63) is 0 Å². The van der Waals surface area contributed by atoms with Gasteiger partial charge in [-0.3, -0.25) is 0 Å². The van der Waals surface area contributed by atoms with Gasteiger partial charge in [-0.25, -0.2) is 8.78 Å². The zero-order chi connectivity index (χ0) is 12.0. The van der Waals surface area contributed by atoms with Crippen LogP contribution >= 0.6 is 24.8 Å². The lowest BCUT2D eigenvalue weighted by Gasteiger charge is -2.21. The van der Waals surface area contributed by atoms with Gasteiger partial charge in [0.15, 0.2) is 0 Å². The van der Waals surface area contributed by atoms with Crippen molar-refractivity contribution >= 4 is 24.8 Å². The summed E-state index contributed by atoms with van der Waals surface area (Å²) in [5, 5.41) is 0. The summed E-state index contributed by atoms with van der Waals surface area (Å²) in [5.74, 6) is 0. The number of ether oxygens (including phenoxy) is 2. The van der Waals surface area contributed by atoms with E-state index in [-0.39, 0.29) is 50.1 Å². The summed E-state index contributed by atoms with van der Waals surface area (Å²) in [6.45, 7) is 1.59. The fourth-order valence-electron chi connectivity index (χ4n) is 1.44. The lowest BCUT2D eigenvalue weighted by Crippen LogP contribution is -2.39. The molecule has 2 fully saturated rings. The first-order valence-corrected chi connectivity index (χ1v) is 5.56. The largest absolute Gasteiger partial charge is 0.378 e. The SMILES string of the molecule is Cl.Cl.N[C@@H]1CCOC[C@H]1F.N[C@H]1CCOC[C@@H]1F. The molecule has 0 aromatic carbocycles. The van der Waals surface area contributed by atoms with Gasteiger partial charge in [0.1, 0.15) is 12.3 Å². The quantitative estimate of drug-likeness (QED) is 0.700. The number of hydrogen-bond acceptors (Lipinski definition) is 4. The van der Waals surface area contributed by atoms with Gasteiger partial charge in [0.2, 0.25) is 0 Å². The topological polar surface area (TPSA) is 70.5 Å². The average molecular weight is 311 g/mol. The summed E-state index contributed by atoms with van der Waals surface area (Å²) < 4.78 is 34.2. The van der Waals surface area contributed by atoms with E-state index in [2.05, 4.69) is 0 Å². The molecule has 18 heavy (non-hydrogen) atoms. The van der Waals surface area contributed by atoms with E-state index in [1.807, 2.05) is 0 Å². The molecule has 0 saturated carbocycles. The molecule has 0 amide bonds. The number of rotatable bonds is 0. The molecule has 0 unspecified atom stereocenters. The van der Waals surface area contributed by atoms with E-state index in [1.165, 1.54) is 0 Å². The Morgan fingerprint density at radius 1 is 0.778 bits per heavy atom. The molecule has 112 valence electrons. The molecule has 4 atom stereocenters. The van der Waals surface area contributed by atoms with Gasteiger partial charge in [0, 0.05) is 25.3 Å². The van der Waals surface area contributed by atoms with Crippen LogP contribution in [0.4, 0.5) is 8.78 Å². The predicted molar refractivity (Wildman–Crippen MR) is 71.1 cm³/mol. The molecule has 8 heteroatoms. The Labute approximate surface area is 119 Å². The van der Waals surface area contributed by atoms with Crippen molar-refractivity contribution in [2.45, 2.75) is 37.3 Å². The Hall–Kier alpha value is 0.280. The maximum Gasteiger partial charge on any atom is 0.138 e. The van der Waals surface area contributed by atoms with E-state index in [1.54, 1.807) is 0 Å². The van der Waals surface area contributed by atoms with Crippen LogP contribution in [0.15, 0.2) is 0 Å². The first-order chi connectivity index (χ1) is 7.61. The van der Waals surface area contributed by atoms with E-state index in [9.17, 15) is 8.78 Å². The van der Waals surface area contributed by atoms with Crippen LogP contribution in [0.5, 0.6) is 0 Å².